The van der Waals surface area contributed by atoms with Gasteiger partial charge >= 0.3 is 0 Å². The van der Waals surface area contributed by atoms with Crippen LogP contribution in [0.15, 0.2) is 91.4 Å². The molecule has 2 atom stereocenters. The van der Waals surface area contributed by atoms with E-state index >= 15 is 0 Å². The van der Waals surface area contributed by atoms with E-state index in [1.807, 2.05) is 61.7 Å². The lowest BCUT2D eigenvalue weighted by Crippen LogP contribution is -2.29. The number of thiocarbonyl (C=S) groups is 1. The molecule has 9 heteroatoms. The number of hydrogen-bond donors (Lipinski definition) is 2. The normalized spacial score (nSPS) is 17.9. The molecule has 2 N–H and O–H groups in total. The minimum Gasteiger partial charge on any atom is -0.351 e. The van der Waals surface area contributed by atoms with Gasteiger partial charge in [-0.3, -0.25) is 9.71 Å². The number of pyridine rings is 1. The third-order valence-electron chi connectivity index (χ3n) is 5.99. The van der Waals surface area contributed by atoms with E-state index in [0.29, 0.717) is 10.8 Å². The Hall–Kier alpha value is -3.69. The molecule has 5 rings (SSSR count). The van der Waals surface area contributed by atoms with Crippen molar-refractivity contribution in [1.82, 2.24) is 14.9 Å². The van der Waals surface area contributed by atoms with E-state index in [4.69, 9.17) is 12.2 Å². The molecule has 3 heterocycles. The molecule has 1 saturated heterocycles. The summed E-state index contributed by atoms with van der Waals surface area (Å²) in [6.07, 6.45) is 7.09. The standard InChI is InChI=1S/C26H25N5O2S2/c1-18-16-21(11-12-22(18)29-35(2,32)33)31-25(24(28-26(31)34)23-10-6-7-14-27-23)19-13-15-30(17-19)20-8-4-3-5-9-20/h3-17,24-25,29H,1-2H3,(H,28,34). The topological polar surface area (TPSA) is 79.3 Å². The predicted octanol–water partition coefficient (Wildman–Crippen LogP) is 4.73. The fourth-order valence-electron chi connectivity index (χ4n) is 4.43. The van der Waals surface area contributed by atoms with Gasteiger partial charge in [-0.15, -0.1) is 0 Å². The van der Waals surface area contributed by atoms with Crippen LogP contribution in [-0.4, -0.2) is 29.3 Å². The van der Waals surface area contributed by atoms with E-state index in [9.17, 15) is 8.42 Å². The zero-order valence-corrected chi connectivity index (χ0v) is 20.9. The Morgan fingerprint density at radius 1 is 1.00 bits per heavy atom. The van der Waals surface area contributed by atoms with E-state index in [1.54, 1.807) is 12.3 Å². The Labute approximate surface area is 210 Å². The van der Waals surface area contributed by atoms with E-state index in [2.05, 4.69) is 48.9 Å². The number of aromatic nitrogens is 2. The molecule has 2 aromatic carbocycles. The summed E-state index contributed by atoms with van der Waals surface area (Å²) in [5.74, 6) is 0. The maximum Gasteiger partial charge on any atom is 0.229 e. The lowest BCUT2D eigenvalue weighted by atomic mass is 9.98. The average molecular weight is 504 g/mol. The van der Waals surface area contributed by atoms with Crippen molar-refractivity contribution >= 4 is 38.7 Å². The largest absolute Gasteiger partial charge is 0.351 e. The highest BCUT2D eigenvalue weighted by molar-refractivity contribution is 7.92. The number of aryl methyl sites for hydroxylation is 1. The molecular formula is C26H25N5O2S2. The molecule has 0 amide bonds. The molecule has 35 heavy (non-hydrogen) atoms. The monoisotopic (exact) mass is 503 g/mol. The molecule has 2 aromatic heterocycles. The van der Waals surface area contributed by atoms with Crippen molar-refractivity contribution in [1.29, 1.82) is 0 Å². The number of hydrogen-bond acceptors (Lipinski definition) is 4. The minimum absolute atomic E-state index is 0.157. The number of nitrogens with zero attached hydrogens (tertiary/aromatic N) is 3. The van der Waals surface area contributed by atoms with Crippen LogP contribution in [0.2, 0.25) is 0 Å². The molecule has 0 radical (unpaired) electrons. The molecule has 0 bridgehead atoms. The summed E-state index contributed by atoms with van der Waals surface area (Å²) in [6.45, 7) is 1.88. The molecular weight excluding hydrogens is 478 g/mol. The van der Waals surface area contributed by atoms with Crippen LogP contribution in [0.4, 0.5) is 11.4 Å². The first-order valence-electron chi connectivity index (χ1n) is 11.1. The lowest BCUT2D eigenvalue weighted by molar-refractivity contribution is 0.568. The van der Waals surface area contributed by atoms with Crippen LogP contribution < -0.4 is 14.9 Å². The van der Waals surface area contributed by atoms with Gasteiger partial charge in [0.05, 0.1) is 29.7 Å². The number of nitrogens with one attached hydrogen (secondary N) is 2. The zero-order valence-electron chi connectivity index (χ0n) is 19.3. The van der Waals surface area contributed by atoms with Gasteiger partial charge in [0.1, 0.15) is 0 Å². The van der Waals surface area contributed by atoms with Gasteiger partial charge in [0.15, 0.2) is 5.11 Å². The Bertz CT molecular complexity index is 1470. The maximum atomic E-state index is 11.7. The Balaban J connectivity index is 1.58. The first-order chi connectivity index (χ1) is 16.8. The van der Waals surface area contributed by atoms with Crippen molar-refractivity contribution in [2.45, 2.75) is 19.0 Å². The number of benzene rings is 2. The predicted molar refractivity (Wildman–Crippen MR) is 143 cm³/mol. The van der Waals surface area contributed by atoms with Crippen molar-refractivity contribution in [3.63, 3.8) is 0 Å². The average Bonchev–Trinajstić information content (AvgIpc) is 3.45. The first-order valence-corrected chi connectivity index (χ1v) is 13.4. The Kier molecular flexibility index (Phi) is 6.04. The summed E-state index contributed by atoms with van der Waals surface area (Å²) >= 11 is 5.81. The van der Waals surface area contributed by atoms with Gasteiger partial charge in [0.25, 0.3) is 0 Å². The second-order valence-corrected chi connectivity index (χ2v) is 10.7. The quantitative estimate of drug-likeness (QED) is 0.371. The summed E-state index contributed by atoms with van der Waals surface area (Å²) in [7, 11) is -3.38. The van der Waals surface area contributed by atoms with Crippen LogP contribution in [0, 0.1) is 6.92 Å². The van der Waals surface area contributed by atoms with Crippen LogP contribution in [0.1, 0.15) is 28.9 Å². The maximum absolute atomic E-state index is 11.7. The summed E-state index contributed by atoms with van der Waals surface area (Å²) in [6, 6.07) is 23.4. The Morgan fingerprint density at radius 3 is 2.46 bits per heavy atom. The second kappa shape index (κ2) is 9.16. The molecule has 1 aliphatic heterocycles. The van der Waals surface area contributed by atoms with Gasteiger partial charge in [-0.1, -0.05) is 24.3 Å². The van der Waals surface area contributed by atoms with Gasteiger partial charge in [-0.05, 0) is 78.8 Å². The highest BCUT2D eigenvalue weighted by atomic mass is 32.2. The fourth-order valence-corrected chi connectivity index (χ4v) is 5.41. The molecule has 0 saturated carbocycles. The van der Waals surface area contributed by atoms with Crippen molar-refractivity contribution in [2.24, 2.45) is 0 Å². The molecule has 178 valence electrons. The van der Waals surface area contributed by atoms with E-state index < -0.39 is 10.0 Å². The summed E-state index contributed by atoms with van der Waals surface area (Å²) in [4.78, 5) is 6.68. The van der Waals surface area contributed by atoms with Crippen molar-refractivity contribution in [3.05, 3.63) is 108 Å². The lowest BCUT2D eigenvalue weighted by Gasteiger charge is -2.28. The fraction of sp³-hybridized carbons (Fsp3) is 0.154. The molecule has 1 fully saturated rings. The summed E-state index contributed by atoms with van der Waals surface area (Å²) in [5, 5.41) is 4.05. The number of sulfonamides is 1. The number of para-hydroxylation sites is 1. The highest BCUT2D eigenvalue weighted by Crippen LogP contribution is 2.42. The van der Waals surface area contributed by atoms with Crippen LogP contribution in [0.5, 0.6) is 0 Å². The molecule has 4 aromatic rings. The number of rotatable bonds is 6. The molecule has 0 spiro atoms. The third kappa shape index (κ3) is 4.78. The van der Waals surface area contributed by atoms with Gasteiger partial charge in [-0.25, -0.2) is 8.42 Å². The van der Waals surface area contributed by atoms with Crippen LogP contribution in [-0.2, 0) is 10.0 Å². The van der Waals surface area contributed by atoms with E-state index in [1.165, 1.54) is 0 Å². The molecule has 1 aliphatic rings. The summed E-state index contributed by atoms with van der Waals surface area (Å²) in [5.41, 5.74) is 5.25. The number of anilines is 2. The van der Waals surface area contributed by atoms with Crippen molar-refractivity contribution < 1.29 is 8.42 Å². The molecule has 7 nitrogen and oxygen atoms in total. The van der Waals surface area contributed by atoms with E-state index in [-0.39, 0.29) is 12.1 Å². The smallest absolute Gasteiger partial charge is 0.229 e. The van der Waals surface area contributed by atoms with Crippen LogP contribution in [0.3, 0.4) is 0 Å². The van der Waals surface area contributed by atoms with Crippen LogP contribution >= 0.6 is 12.2 Å². The van der Waals surface area contributed by atoms with Gasteiger partial charge < -0.3 is 14.8 Å². The SMILES string of the molecule is Cc1cc(N2C(=S)NC(c3ccccn3)C2c2ccn(-c3ccccc3)c2)ccc1NS(C)(=O)=O. The van der Waals surface area contributed by atoms with Crippen molar-refractivity contribution in [2.75, 3.05) is 15.9 Å². The second-order valence-electron chi connectivity index (χ2n) is 8.56. The highest BCUT2D eigenvalue weighted by Gasteiger charge is 2.41. The van der Waals surface area contributed by atoms with Crippen LogP contribution in [0.25, 0.3) is 5.69 Å². The van der Waals surface area contributed by atoms with E-state index in [0.717, 1.165) is 34.5 Å². The molecule has 2 unspecified atom stereocenters. The first kappa shape index (κ1) is 23.1. The van der Waals surface area contributed by atoms with Gasteiger partial charge in [0, 0.05) is 30.0 Å². The third-order valence-corrected chi connectivity index (χ3v) is 6.90. The van der Waals surface area contributed by atoms with Gasteiger partial charge in [0.2, 0.25) is 10.0 Å². The van der Waals surface area contributed by atoms with Crippen molar-refractivity contribution in [3.8, 4) is 5.69 Å². The molecule has 0 aliphatic carbocycles. The van der Waals surface area contributed by atoms with Gasteiger partial charge in [-0.2, -0.15) is 0 Å². The minimum atomic E-state index is -3.38. The summed E-state index contributed by atoms with van der Waals surface area (Å²) < 4.78 is 28.1. The Morgan fingerprint density at radius 2 is 1.77 bits per heavy atom. The zero-order chi connectivity index (χ0) is 24.6.